The number of hydrogen-bond acceptors (Lipinski definition) is 4. The molecule has 2 rings (SSSR count). The minimum atomic E-state index is 0.00803. The molecule has 1 aromatic carbocycles. The van der Waals surface area contributed by atoms with Crippen LogP contribution in [-0.2, 0) is 6.54 Å². The summed E-state index contributed by atoms with van der Waals surface area (Å²) < 4.78 is 10.6. The van der Waals surface area contributed by atoms with Gasteiger partial charge in [-0.1, -0.05) is 6.07 Å². The summed E-state index contributed by atoms with van der Waals surface area (Å²) in [7, 11) is 3.33. The van der Waals surface area contributed by atoms with E-state index in [1.54, 1.807) is 14.2 Å². The van der Waals surface area contributed by atoms with Gasteiger partial charge in [-0.3, -0.25) is 4.90 Å². The summed E-state index contributed by atoms with van der Waals surface area (Å²) in [4.78, 5) is 2.44. The van der Waals surface area contributed by atoms with E-state index in [1.807, 2.05) is 6.07 Å². The van der Waals surface area contributed by atoms with E-state index in [-0.39, 0.29) is 5.54 Å². The fourth-order valence-electron chi connectivity index (χ4n) is 2.46. The molecule has 19 heavy (non-hydrogen) atoms. The molecular weight excluding hydrogens is 240 g/mol. The number of likely N-dealkylation sites (tertiary alicyclic amines) is 1. The van der Waals surface area contributed by atoms with Crippen molar-refractivity contribution in [3.05, 3.63) is 23.8 Å². The molecule has 0 aliphatic carbocycles. The Kier molecular flexibility index (Phi) is 4.32. The highest BCUT2D eigenvalue weighted by atomic mass is 16.5. The van der Waals surface area contributed by atoms with Crippen molar-refractivity contribution in [3.63, 3.8) is 0 Å². The molecule has 106 valence electrons. The summed E-state index contributed by atoms with van der Waals surface area (Å²) in [6, 6.07) is 6.11. The van der Waals surface area contributed by atoms with E-state index in [4.69, 9.17) is 15.2 Å². The van der Waals surface area contributed by atoms with Gasteiger partial charge in [-0.05, 0) is 37.5 Å². The minimum absolute atomic E-state index is 0.00803. The fraction of sp³-hybridized carbons (Fsp3) is 0.600. The standard InChI is InChI=1S/C15H24N2O2/c1-15(16)6-8-17(9-7-15)11-12-4-5-13(18-2)14(10-12)19-3/h4-5,10H,6-9,11,16H2,1-3H3. The van der Waals surface area contributed by atoms with Crippen LogP contribution in [0.4, 0.5) is 0 Å². The third-order valence-electron chi connectivity index (χ3n) is 3.85. The first kappa shape index (κ1) is 14.2. The van der Waals surface area contributed by atoms with Gasteiger partial charge in [-0.15, -0.1) is 0 Å². The lowest BCUT2D eigenvalue weighted by molar-refractivity contribution is 0.165. The number of rotatable bonds is 4. The van der Waals surface area contributed by atoms with Gasteiger partial charge in [0.2, 0.25) is 0 Å². The number of benzene rings is 1. The molecule has 0 spiro atoms. The van der Waals surface area contributed by atoms with Gasteiger partial charge in [0, 0.05) is 25.2 Å². The van der Waals surface area contributed by atoms with Crippen molar-refractivity contribution >= 4 is 0 Å². The minimum Gasteiger partial charge on any atom is -0.493 e. The van der Waals surface area contributed by atoms with E-state index in [0.717, 1.165) is 44.0 Å². The van der Waals surface area contributed by atoms with Crippen LogP contribution in [0.15, 0.2) is 18.2 Å². The fourth-order valence-corrected chi connectivity index (χ4v) is 2.46. The van der Waals surface area contributed by atoms with Crippen LogP contribution in [0.25, 0.3) is 0 Å². The van der Waals surface area contributed by atoms with Crippen molar-refractivity contribution in [1.82, 2.24) is 4.90 Å². The van der Waals surface area contributed by atoms with Crippen LogP contribution < -0.4 is 15.2 Å². The van der Waals surface area contributed by atoms with Crippen LogP contribution in [-0.4, -0.2) is 37.7 Å². The first-order valence-corrected chi connectivity index (χ1v) is 6.76. The van der Waals surface area contributed by atoms with Crippen LogP contribution in [0.3, 0.4) is 0 Å². The predicted octanol–water partition coefficient (Wildman–Crippen LogP) is 2.02. The molecule has 1 fully saturated rings. The lowest BCUT2D eigenvalue weighted by atomic mass is 9.91. The van der Waals surface area contributed by atoms with Crippen molar-refractivity contribution in [1.29, 1.82) is 0 Å². The first-order chi connectivity index (χ1) is 9.04. The lowest BCUT2D eigenvalue weighted by Crippen LogP contribution is -2.47. The molecule has 1 saturated heterocycles. The van der Waals surface area contributed by atoms with Crippen molar-refractivity contribution in [3.8, 4) is 11.5 Å². The summed E-state index contributed by atoms with van der Waals surface area (Å²) in [5.41, 5.74) is 7.41. The average Bonchev–Trinajstić information content (AvgIpc) is 2.41. The molecule has 0 aromatic heterocycles. The quantitative estimate of drug-likeness (QED) is 0.904. The van der Waals surface area contributed by atoms with Crippen molar-refractivity contribution in [2.24, 2.45) is 5.73 Å². The molecule has 4 heteroatoms. The van der Waals surface area contributed by atoms with Gasteiger partial charge in [0.15, 0.2) is 11.5 Å². The summed E-state index contributed by atoms with van der Waals surface area (Å²) in [5.74, 6) is 1.57. The predicted molar refractivity (Wildman–Crippen MR) is 76.6 cm³/mol. The molecule has 0 amide bonds. The van der Waals surface area contributed by atoms with E-state index >= 15 is 0 Å². The van der Waals surface area contributed by atoms with Crippen LogP contribution in [0, 0.1) is 0 Å². The topological polar surface area (TPSA) is 47.7 Å². The summed E-state index contributed by atoms with van der Waals surface area (Å²) in [5, 5.41) is 0. The molecule has 2 N–H and O–H groups in total. The number of nitrogens with zero attached hydrogens (tertiary/aromatic N) is 1. The number of hydrogen-bond donors (Lipinski definition) is 1. The smallest absolute Gasteiger partial charge is 0.161 e. The average molecular weight is 264 g/mol. The monoisotopic (exact) mass is 264 g/mol. The van der Waals surface area contributed by atoms with E-state index in [1.165, 1.54) is 5.56 Å². The molecular formula is C15H24N2O2. The van der Waals surface area contributed by atoms with Crippen LogP contribution in [0.1, 0.15) is 25.3 Å². The number of ether oxygens (including phenoxy) is 2. The molecule has 1 aliphatic heterocycles. The maximum atomic E-state index is 6.15. The molecule has 0 unspecified atom stereocenters. The van der Waals surface area contributed by atoms with Gasteiger partial charge >= 0.3 is 0 Å². The van der Waals surface area contributed by atoms with Gasteiger partial charge in [0.25, 0.3) is 0 Å². The highest BCUT2D eigenvalue weighted by Gasteiger charge is 2.25. The second kappa shape index (κ2) is 5.80. The molecule has 0 saturated carbocycles. The highest BCUT2D eigenvalue weighted by molar-refractivity contribution is 5.42. The van der Waals surface area contributed by atoms with Crippen LogP contribution in [0.5, 0.6) is 11.5 Å². The third-order valence-corrected chi connectivity index (χ3v) is 3.85. The summed E-state index contributed by atoms with van der Waals surface area (Å²) >= 11 is 0. The molecule has 1 heterocycles. The van der Waals surface area contributed by atoms with Gasteiger partial charge in [0.1, 0.15) is 0 Å². The Morgan fingerprint density at radius 1 is 1.16 bits per heavy atom. The largest absolute Gasteiger partial charge is 0.493 e. The van der Waals surface area contributed by atoms with Crippen molar-refractivity contribution < 1.29 is 9.47 Å². The van der Waals surface area contributed by atoms with E-state index in [0.29, 0.717) is 0 Å². The van der Waals surface area contributed by atoms with Gasteiger partial charge in [-0.2, -0.15) is 0 Å². The second-order valence-corrected chi connectivity index (χ2v) is 5.62. The van der Waals surface area contributed by atoms with E-state index in [9.17, 15) is 0 Å². The maximum absolute atomic E-state index is 6.15. The Bertz CT molecular complexity index is 422. The van der Waals surface area contributed by atoms with Gasteiger partial charge in [-0.25, -0.2) is 0 Å². The van der Waals surface area contributed by atoms with Crippen molar-refractivity contribution in [2.45, 2.75) is 31.8 Å². The Labute approximate surface area is 115 Å². The lowest BCUT2D eigenvalue weighted by Gasteiger charge is -2.36. The number of nitrogens with two attached hydrogens (primary N) is 1. The molecule has 0 atom stereocenters. The zero-order valence-corrected chi connectivity index (χ0v) is 12.1. The molecule has 4 nitrogen and oxygen atoms in total. The zero-order valence-electron chi connectivity index (χ0n) is 12.1. The Balaban J connectivity index is 2.00. The molecule has 1 aromatic rings. The second-order valence-electron chi connectivity index (χ2n) is 5.62. The highest BCUT2D eigenvalue weighted by Crippen LogP contribution is 2.28. The number of piperidine rings is 1. The summed E-state index contributed by atoms with van der Waals surface area (Å²) in [6.07, 6.45) is 2.11. The normalized spacial score (nSPS) is 19.2. The van der Waals surface area contributed by atoms with Crippen molar-refractivity contribution in [2.75, 3.05) is 27.3 Å². The molecule has 0 radical (unpaired) electrons. The Hall–Kier alpha value is -1.26. The third kappa shape index (κ3) is 3.61. The summed E-state index contributed by atoms with van der Waals surface area (Å²) in [6.45, 7) is 5.19. The zero-order chi connectivity index (χ0) is 13.9. The Morgan fingerprint density at radius 2 is 1.79 bits per heavy atom. The SMILES string of the molecule is COc1ccc(CN2CCC(C)(N)CC2)cc1OC. The van der Waals surface area contributed by atoms with Crippen LogP contribution >= 0.6 is 0 Å². The maximum Gasteiger partial charge on any atom is 0.161 e. The molecule has 1 aliphatic rings. The first-order valence-electron chi connectivity index (χ1n) is 6.76. The Morgan fingerprint density at radius 3 is 2.37 bits per heavy atom. The van der Waals surface area contributed by atoms with E-state index < -0.39 is 0 Å². The van der Waals surface area contributed by atoms with E-state index in [2.05, 4.69) is 24.0 Å². The molecule has 0 bridgehead atoms. The van der Waals surface area contributed by atoms with Gasteiger partial charge < -0.3 is 15.2 Å². The van der Waals surface area contributed by atoms with Crippen LogP contribution in [0.2, 0.25) is 0 Å². The number of methoxy groups -OCH3 is 2. The van der Waals surface area contributed by atoms with Gasteiger partial charge in [0.05, 0.1) is 14.2 Å².